The van der Waals surface area contributed by atoms with Crippen LogP contribution in [0.2, 0.25) is 0 Å². The Hall–Kier alpha value is -3.44. The lowest BCUT2D eigenvalue weighted by Crippen LogP contribution is -2.50. The molecule has 2 atom stereocenters. The van der Waals surface area contributed by atoms with Crippen LogP contribution < -0.4 is 15.4 Å². The Bertz CT molecular complexity index is 1130. The number of rotatable bonds is 10. The molecule has 0 aromatic heterocycles. The minimum absolute atomic E-state index is 0.0297. The molecule has 2 saturated heterocycles. The number of hydrogen-bond donors (Lipinski definition) is 2. The van der Waals surface area contributed by atoms with Gasteiger partial charge in [0, 0.05) is 32.1 Å². The van der Waals surface area contributed by atoms with Crippen LogP contribution in [-0.4, -0.2) is 84.3 Å². The lowest BCUT2D eigenvalue weighted by molar-refractivity contribution is -0.132. The van der Waals surface area contributed by atoms with Crippen molar-refractivity contribution in [1.82, 2.24) is 20.4 Å². The van der Waals surface area contributed by atoms with Crippen LogP contribution in [0.15, 0.2) is 18.2 Å². The summed E-state index contributed by atoms with van der Waals surface area (Å²) < 4.78 is 39.9. The molecule has 0 spiro atoms. The first-order valence-corrected chi connectivity index (χ1v) is 15.2. The number of nitrogens with one attached hydrogen (secondary N) is 2. The fourth-order valence-electron chi connectivity index (χ4n) is 5.11. The number of halogens is 2. The molecule has 2 heterocycles. The maximum atomic E-state index is 15.1. The Morgan fingerprint density at radius 3 is 2.35 bits per heavy atom. The second kappa shape index (κ2) is 15.3. The van der Waals surface area contributed by atoms with E-state index in [1.165, 1.54) is 17.0 Å². The molecule has 0 saturated carbocycles. The molecule has 1 aromatic carbocycles. The number of amides is 4. The maximum absolute atomic E-state index is 15.1. The van der Waals surface area contributed by atoms with Crippen molar-refractivity contribution in [3.8, 4) is 5.75 Å². The maximum Gasteiger partial charge on any atom is 0.408 e. The van der Waals surface area contributed by atoms with E-state index in [2.05, 4.69) is 10.6 Å². The number of hydrogen-bond acceptors (Lipinski definition) is 5. The summed E-state index contributed by atoms with van der Waals surface area (Å²) >= 11 is 0. The molecule has 1 aromatic rings. The van der Waals surface area contributed by atoms with Gasteiger partial charge < -0.3 is 35.3 Å². The van der Waals surface area contributed by atoms with E-state index in [-0.39, 0.29) is 49.3 Å². The van der Waals surface area contributed by atoms with Gasteiger partial charge in [-0.15, -0.1) is 0 Å². The number of ether oxygens (including phenoxy) is 2. The summed E-state index contributed by atoms with van der Waals surface area (Å²) in [4.78, 5) is 40.9. The first kappa shape index (κ1) is 34.1. The van der Waals surface area contributed by atoms with Crippen LogP contribution >= 0.6 is 0 Å². The molecule has 240 valence electrons. The van der Waals surface area contributed by atoms with E-state index in [0.717, 1.165) is 25.7 Å². The van der Waals surface area contributed by atoms with Crippen molar-refractivity contribution in [2.45, 2.75) is 91.0 Å². The van der Waals surface area contributed by atoms with Gasteiger partial charge >= 0.3 is 6.09 Å². The van der Waals surface area contributed by atoms with Gasteiger partial charge in [-0.2, -0.15) is 0 Å². The van der Waals surface area contributed by atoms with Crippen molar-refractivity contribution in [1.29, 1.82) is 0 Å². The normalized spacial score (nSPS) is 18.4. The summed E-state index contributed by atoms with van der Waals surface area (Å²) in [5.74, 6) is -0.416. The fourth-order valence-corrected chi connectivity index (χ4v) is 5.11. The highest BCUT2D eigenvalue weighted by Gasteiger charge is 2.33. The summed E-state index contributed by atoms with van der Waals surface area (Å²) in [6, 6.07) is 3.02. The van der Waals surface area contributed by atoms with Crippen LogP contribution in [0.4, 0.5) is 18.4 Å². The monoisotopic (exact) mass is 606 g/mol. The average Bonchev–Trinajstić information content (AvgIpc) is 3.37. The van der Waals surface area contributed by atoms with Gasteiger partial charge in [0.25, 0.3) is 0 Å². The number of carbonyl (C=O) groups excluding carboxylic acids is 3. The summed E-state index contributed by atoms with van der Waals surface area (Å²) in [5.41, 5.74) is -0.572. The summed E-state index contributed by atoms with van der Waals surface area (Å²) in [5, 5.41) is 14.9. The zero-order valence-corrected chi connectivity index (χ0v) is 26.0. The SMILES string of the molecule is CC(C)C(=[N-])NC(=O)N1CCC(CCCOc2ccc(C[C@H](NC(=O)OC(C)(C)C)C(=O)N3CC[C@H](F)C3)c(F)c2)CC1. The van der Waals surface area contributed by atoms with Crippen LogP contribution in [0.1, 0.15) is 72.3 Å². The number of alkyl halides is 1. The predicted octanol–water partition coefficient (Wildman–Crippen LogP) is 5.04. The van der Waals surface area contributed by atoms with E-state index in [4.69, 9.17) is 9.47 Å². The third-order valence-corrected chi connectivity index (χ3v) is 7.59. The van der Waals surface area contributed by atoms with Crippen molar-refractivity contribution >= 4 is 23.9 Å². The second-order valence-electron chi connectivity index (χ2n) is 12.7. The molecule has 0 aliphatic carbocycles. The number of piperidine rings is 1. The zero-order valence-electron chi connectivity index (χ0n) is 26.0. The van der Waals surface area contributed by atoms with Crippen LogP contribution in [0, 0.1) is 17.7 Å². The van der Waals surface area contributed by atoms with Crippen molar-refractivity contribution in [2.24, 2.45) is 11.8 Å². The number of alkyl carbamates (subject to hydrolysis) is 1. The summed E-state index contributed by atoms with van der Waals surface area (Å²) in [6.45, 7) is 10.5. The molecule has 2 aliphatic heterocycles. The molecule has 0 bridgehead atoms. The van der Waals surface area contributed by atoms with Crippen molar-refractivity contribution in [2.75, 3.05) is 32.8 Å². The van der Waals surface area contributed by atoms with Crippen LogP contribution in [0.25, 0.3) is 5.41 Å². The smallest absolute Gasteiger partial charge is 0.408 e. The van der Waals surface area contributed by atoms with Gasteiger partial charge in [-0.25, -0.2) is 13.6 Å². The molecule has 43 heavy (non-hydrogen) atoms. The van der Waals surface area contributed by atoms with Crippen molar-refractivity contribution in [3.63, 3.8) is 0 Å². The standard InChI is InChI=1S/C31H46F2N5O5/c1-20(2)27(34)36-29(40)37-13-10-21(11-14-37)7-6-16-42-24-9-8-22(25(33)18-24)17-26(35-30(41)43-31(3,4)5)28(39)38-15-12-23(32)19-38/h8-9,18,20-21,23,26H,6-7,10-17,19H2,1-5H3,(H2-,34,35,36,40,41)/q-1/t23-,26-/m0/s1. The molecule has 2 fully saturated rings. The lowest BCUT2D eigenvalue weighted by atomic mass is 9.92. The van der Waals surface area contributed by atoms with E-state index in [1.807, 2.05) is 0 Å². The minimum Gasteiger partial charge on any atom is -0.493 e. The number of amidine groups is 1. The van der Waals surface area contributed by atoms with Crippen LogP contribution in [0.5, 0.6) is 5.75 Å². The van der Waals surface area contributed by atoms with E-state index in [1.54, 1.807) is 45.6 Å². The van der Waals surface area contributed by atoms with Crippen LogP contribution in [-0.2, 0) is 16.0 Å². The lowest BCUT2D eigenvalue weighted by Gasteiger charge is -2.35. The second-order valence-corrected chi connectivity index (χ2v) is 12.7. The Labute approximate surface area is 253 Å². The summed E-state index contributed by atoms with van der Waals surface area (Å²) in [7, 11) is 0. The first-order chi connectivity index (χ1) is 20.2. The molecule has 0 radical (unpaired) electrons. The van der Waals surface area contributed by atoms with Gasteiger partial charge in [0.1, 0.15) is 29.4 Å². The number of likely N-dealkylation sites (tertiary alicyclic amines) is 2. The van der Waals surface area contributed by atoms with E-state index in [0.29, 0.717) is 31.4 Å². The Morgan fingerprint density at radius 2 is 1.77 bits per heavy atom. The number of benzene rings is 1. The third-order valence-electron chi connectivity index (χ3n) is 7.59. The molecule has 2 N–H and O–H groups in total. The molecular formula is C31H46F2N5O5-. The van der Waals surface area contributed by atoms with Gasteiger partial charge in [-0.05, 0) is 76.3 Å². The Morgan fingerprint density at radius 1 is 1.09 bits per heavy atom. The highest BCUT2D eigenvalue weighted by Crippen LogP contribution is 2.24. The molecule has 4 amide bonds. The number of nitrogens with zero attached hydrogens (tertiary/aromatic N) is 3. The molecule has 12 heteroatoms. The molecular weight excluding hydrogens is 560 g/mol. The van der Waals surface area contributed by atoms with E-state index >= 15 is 4.39 Å². The Kier molecular flexibility index (Phi) is 12.1. The fraction of sp³-hybridized carbons (Fsp3) is 0.677. The van der Waals surface area contributed by atoms with Crippen LogP contribution in [0.3, 0.4) is 0 Å². The Balaban J connectivity index is 1.47. The number of urea groups is 1. The first-order valence-electron chi connectivity index (χ1n) is 15.2. The van der Waals surface area contributed by atoms with Gasteiger partial charge in [0.05, 0.1) is 13.2 Å². The molecule has 3 rings (SSSR count). The van der Waals surface area contributed by atoms with Crippen molar-refractivity contribution < 1.29 is 32.6 Å². The third kappa shape index (κ3) is 11.0. The van der Waals surface area contributed by atoms with Gasteiger partial charge in [0.2, 0.25) is 11.9 Å². The highest BCUT2D eigenvalue weighted by molar-refractivity contribution is 6.00. The zero-order chi connectivity index (χ0) is 31.7. The van der Waals surface area contributed by atoms with Gasteiger partial charge in [-0.1, -0.05) is 25.7 Å². The van der Waals surface area contributed by atoms with E-state index < -0.39 is 35.6 Å². The quantitative estimate of drug-likeness (QED) is 0.220. The van der Waals surface area contributed by atoms with E-state index in [9.17, 15) is 24.2 Å². The minimum atomic E-state index is -1.12. The van der Waals surface area contributed by atoms with Crippen molar-refractivity contribution in [3.05, 3.63) is 35.0 Å². The number of carbonyl (C=O) groups is 3. The molecule has 0 unspecified atom stereocenters. The highest BCUT2D eigenvalue weighted by atomic mass is 19.1. The summed E-state index contributed by atoms with van der Waals surface area (Å²) in [6.07, 6.45) is 1.58. The van der Waals surface area contributed by atoms with Gasteiger partial charge in [0.15, 0.2) is 0 Å². The average molecular weight is 607 g/mol. The van der Waals surface area contributed by atoms with Gasteiger partial charge in [-0.3, -0.25) is 9.59 Å². The molecule has 10 nitrogen and oxygen atoms in total. The molecule has 2 aliphatic rings. The topological polar surface area (TPSA) is 123 Å². The largest absolute Gasteiger partial charge is 0.493 e. The predicted molar refractivity (Wildman–Crippen MR) is 160 cm³/mol.